The van der Waals surface area contributed by atoms with Gasteiger partial charge in [0, 0.05) is 5.56 Å². The fourth-order valence-electron chi connectivity index (χ4n) is 1.28. The summed E-state index contributed by atoms with van der Waals surface area (Å²) >= 11 is 6.04. The molecule has 16 heavy (non-hydrogen) atoms. The van der Waals surface area contributed by atoms with E-state index in [0.29, 0.717) is 23.5 Å². The van der Waals surface area contributed by atoms with E-state index in [2.05, 4.69) is 15.2 Å². The van der Waals surface area contributed by atoms with Gasteiger partial charge in [-0.2, -0.15) is 4.98 Å². The van der Waals surface area contributed by atoms with Crippen LogP contribution in [0.25, 0.3) is 11.4 Å². The zero-order valence-electron chi connectivity index (χ0n) is 8.90. The number of hydrogen-bond donors (Lipinski definition) is 1. The number of rotatable bonds is 4. The lowest BCUT2D eigenvalue weighted by atomic mass is 10.2. The number of halogens is 1. The summed E-state index contributed by atoms with van der Waals surface area (Å²) in [5.74, 6) is 0.622. The van der Waals surface area contributed by atoms with Gasteiger partial charge in [0.25, 0.3) is 0 Å². The zero-order valence-corrected chi connectivity index (χ0v) is 9.66. The lowest BCUT2D eigenvalue weighted by Crippen LogP contribution is -1.96. The molecule has 0 amide bonds. The van der Waals surface area contributed by atoms with Gasteiger partial charge in [-0.3, -0.25) is 5.10 Å². The van der Waals surface area contributed by atoms with Crippen LogP contribution in [-0.2, 0) is 0 Å². The largest absolute Gasteiger partial charge is 0.462 e. The molecule has 0 unspecified atom stereocenters. The Balaban J connectivity index is 2.22. The van der Waals surface area contributed by atoms with Crippen LogP contribution in [0.3, 0.4) is 0 Å². The molecule has 0 aliphatic heterocycles. The number of nitrogens with zero attached hydrogens (tertiary/aromatic N) is 2. The van der Waals surface area contributed by atoms with Crippen molar-refractivity contribution in [2.24, 2.45) is 0 Å². The van der Waals surface area contributed by atoms with Crippen molar-refractivity contribution in [1.82, 2.24) is 15.2 Å². The molecule has 0 radical (unpaired) electrons. The Morgan fingerprint density at radius 1 is 1.38 bits per heavy atom. The SMILES string of the molecule is CCCOc1n[nH]c(-c2ccccc2Cl)n1. The van der Waals surface area contributed by atoms with Crippen LogP contribution < -0.4 is 4.74 Å². The third-order valence-corrected chi connectivity index (χ3v) is 2.36. The highest BCUT2D eigenvalue weighted by Crippen LogP contribution is 2.25. The van der Waals surface area contributed by atoms with Gasteiger partial charge in [-0.05, 0) is 18.6 Å². The average molecular weight is 238 g/mol. The Labute approximate surface area is 98.6 Å². The number of aromatic amines is 1. The predicted molar refractivity (Wildman–Crippen MR) is 62.6 cm³/mol. The predicted octanol–water partition coefficient (Wildman–Crippen LogP) is 2.91. The van der Waals surface area contributed by atoms with Gasteiger partial charge in [0.05, 0.1) is 11.6 Å². The Bertz CT molecular complexity index is 470. The maximum Gasteiger partial charge on any atom is 0.335 e. The Morgan fingerprint density at radius 3 is 2.94 bits per heavy atom. The second kappa shape index (κ2) is 4.99. The number of hydrogen-bond acceptors (Lipinski definition) is 3. The highest BCUT2D eigenvalue weighted by molar-refractivity contribution is 6.33. The summed E-state index contributed by atoms with van der Waals surface area (Å²) in [6.07, 6.45) is 0.927. The molecule has 2 rings (SSSR count). The first-order valence-electron chi connectivity index (χ1n) is 5.11. The number of ether oxygens (including phenoxy) is 1. The first-order valence-corrected chi connectivity index (χ1v) is 5.49. The molecule has 0 spiro atoms. The third kappa shape index (κ3) is 2.33. The van der Waals surface area contributed by atoms with Crippen molar-refractivity contribution in [1.29, 1.82) is 0 Å². The monoisotopic (exact) mass is 237 g/mol. The van der Waals surface area contributed by atoms with Crippen LogP contribution in [0.2, 0.25) is 5.02 Å². The van der Waals surface area contributed by atoms with E-state index >= 15 is 0 Å². The van der Waals surface area contributed by atoms with E-state index in [4.69, 9.17) is 16.3 Å². The van der Waals surface area contributed by atoms with Gasteiger partial charge in [-0.1, -0.05) is 30.7 Å². The Morgan fingerprint density at radius 2 is 2.19 bits per heavy atom. The molecule has 1 aromatic heterocycles. The third-order valence-electron chi connectivity index (χ3n) is 2.03. The second-order valence-corrected chi connectivity index (χ2v) is 3.70. The van der Waals surface area contributed by atoms with Gasteiger partial charge in [0.15, 0.2) is 5.82 Å². The lowest BCUT2D eigenvalue weighted by molar-refractivity contribution is 0.293. The molecule has 0 bridgehead atoms. The quantitative estimate of drug-likeness (QED) is 0.890. The highest BCUT2D eigenvalue weighted by Gasteiger charge is 2.08. The standard InChI is InChI=1S/C11H12ClN3O/c1-2-7-16-11-13-10(14-15-11)8-5-3-4-6-9(8)12/h3-6H,2,7H2,1H3,(H,13,14,15). The molecule has 0 saturated carbocycles. The maximum atomic E-state index is 6.04. The first-order chi connectivity index (χ1) is 7.81. The minimum atomic E-state index is 0.358. The van der Waals surface area contributed by atoms with Crippen molar-refractivity contribution in [3.8, 4) is 17.4 Å². The van der Waals surface area contributed by atoms with E-state index in [1.807, 2.05) is 31.2 Å². The Kier molecular flexibility index (Phi) is 3.41. The van der Waals surface area contributed by atoms with Gasteiger partial charge in [0.2, 0.25) is 0 Å². The molecule has 0 fully saturated rings. The fraction of sp³-hybridized carbons (Fsp3) is 0.273. The molecule has 84 valence electrons. The van der Waals surface area contributed by atoms with Crippen LogP contribution in [0.4, 0.5) is 0 Å². The van der Waals surface area contributed by atoms with Crippen LogP contribution >= 0.6 is 11.6 Å². The number of H-pyrrole nitrogens is 1. The fourth-order valence-corrected chi connectivity index (χ4v) is 1.50. The summed E-state index contributed by atoms with van der Waals surface area (Å²) in [7, 11) is 0. The van der Waals surface area contributed by atoms with Crippen LogP contribution in [0, 0.1) is 0 Å². The van der Waals surface area contributed by atoms with Gasteiger partial charge in [-0.25, -0.2) is 0 Å². The summed E-state index contributed by atoms with van der Waals surface area (Å²) in [6, 6.07) is 7.82. The van der Waals surface area contributed by atoms with Crippen LogP contribution in [-0.4, -0.2) is 21.8 Å². The molecule has 1 heterocycles. The molecule has 1 N–H and O–H groups in total. The molecule has 5 heteroatoms. The van der Waals surface area contributed by atoms with Gasteiger partial charge in [0.1, 0.15) is 0 Å². The number of aromatic nitrogens is 3. The van der Waals surface area contributed by atoms with Crippen LogP contribution in [0.1, 0.15) is 13.3 Å². The minimum absolute atomic E-state index is 0.358. The van der Waals surface area contributed by atoms with E-state index < -0.39 is 0 Å². The van der Waals surface area contributed by atoms with Gasteiger partial charge >= 0.3 is 6.01 Å². The van der Waals surface area contributed by atoms with Crippen molar-refractivity contribution in [3.05, 3.63) is 29.3 Å². The van der Waals surface area contributed by atoms with Crippen LogP contribution in [0.5, 0.6) is 6.01 Å². The molecule has 0 saturated heterocycles. The van der Waals surface area contributed by atoms with Crippen molar-refractivity contribution in [2.75, 3.05) is 6.61 Å². The van der Waals surface area contributed by atoms with Crippen molar-refractivity contribution in [2.45, 2.75) is 13.3 Å². The first kappa shape index (κ1) is 11.0. The maximum absolute atomic E-state index is 6.04. The molecular formula is C11H12ClN3O. The van der Waals surface area contributed by atoms with Crippen molar-refractivity contribution >= 4 is 11.6 Å². The van der Waals surface area contributed by atoms with Crippen molar-refractivity contribution in [3.63, 3.8) is 0 Å². The summed E-state index contributed by atoms with van der Waals surface area (Å²) in [4.78, 5) is 4.21. The molecule has 2 aromatic rings. The molecule has 0 aliphatic rings. The van der Waals surface area contributed by atoms with E-state index in [-0.39, 0.29) is 0 Å². The molecular weight excluding hydrogens is 226 g/mol. The van der Waals surface area contributed by atoms with E-state index in [1.54, 1.807) is 0 Å². The molecule has 0 aliphatic carbocycles. The summed E-state index contributed by atoms with van der Waals surface area (Å²) < 4.78 is 5.30. The topological polar surface area (TPSA) is 50.8 Å². The van der Waals surface area contributed by atoms with E-state index in [0.717, 1.165) is 12.0 Å². The summed E-state index contributed by atoms with van der Waals surface area (Å²) in [6.45, 7) is 2.64. The van der Waals surface area contributed by atoms with Gasteiger partial charge < -0.3 is 4.74 Å². The lowest BCUT2D eigenvalue weighted by Gasteiger charge is -1.98. The Hall–Kier alpha value is -1.55. The smallest absolute Gasteiger partial charge is 0.335 e. The molecule has 1 aromatic carbocycles. The second-order valence-electron chi connectivity index (χ2n) is 3.29. The summed E-state index contributed by atoms with van der Waals surface area (Å²) in [5.41, 5.74) is 0.822. The van der Waals surface area contributed by atoms with E-state index in [1.165, 1.54) is 0 Å². The van der Waals surface area contributed by atoms with E-state index in [9.17, 15) is 0 Å². The van der Waals surface area contributed by atoms with Crippen LogP contribution in [0.15, 0.2) is 24.3 Å². The number of benzene rings is 1. The summed E-state index contributed by atoms with van der Waals surface area (Å²) in [5, 5.41) is 7.39. The van der Waals surface area contributed by atoms with Crippen molar-refractivity contribution < 1.29 is 4.74 Å². The molecule has 4 nitrogen and oxygen atoms in total. The normalized spacial score (nSPS) is 10.4. The highest BCUT2D eigenvalue weighted by atomic mass is 35.5. The zero-order chi connectivity index (χ0) is 11.4. The number of nitrogens with one attached hydrogen (secondary N) is 1. The average Bonchev–Trinajstić information content (AvgIpc) is 2.75. The molecule has 0 atom stereocenters. The minimum Gasteiger partial charge on any atom is -0.462 e. The van der Waals surface area contributed by atoms with Gasteiger partial charge in [-0.15, -0.1) is 5.10 Å².